The van der Waals surface area contributed by atoms with E-state index in [9.17, 15) is 0 Å². The molecule has 21 heavy (non-hydrogen) atoms. The summed E-state index contributed by atoms with van der Waals surface area (Å²) >= 11 is 0. The van der Waals surface area contributed by atoms with Gasteiger partial charge in [0, 0.05) is 37.4 Å². The Balaban J connectivity index is 1.59. The number of aromatic nitrogens is 4. The summed E-state index contributed by atoms with van der Waals surface area (Å²) in [5.74, 6) is 2.25. The molecule has 3 N–H and O–H groups in total. The first-order chi connectivity index (χ1) is 10.2. The van der Waals surface area contributed by atoms with E-state index in [0.717, 1.165) is 49.8 Å². The largest absolute Gasteiger partial charge is 0.338 e. The van der Waals surface area contributed by atoms with Gasteiger partial charge in [0.2, 0.25) is 5.95 Å². The van der Waals surface area contributed by atoms with Crippen molar-refractivity contribution in [3.63, 3.8) is 0 Å². The molecule has 1 aliphatic rings. The molecule has 2 unspecified atom stereocenters. The molecule has 2 aromatic rings. The minimum Gasteiger partial charge on any atom is -0.338 e. The molecule has 3 heterocycles. The smallest absolute Gasteiger partial charge is 0.244 e. The van der Waals surface area contributed by atoms with Crippen molar-refractivity contribution in [3.05, 3.63) is 35.9 Å². The number of anilines is 1. The molecule has 0 spiro atoms. The average molecular weight is 286 g/mol. The predicted octanol–water partition coefficient (Wildman–Crippen LogP) is 1.16. The van der Waals surface area contributed by atoms with E-state index in [1.807, 2.05) is 24.4 Å². The van der Waals surface area contributed by atoms with Gasteiger partial charge in [0.15, 0.2) is 0 Å². The van der Waals surface area contributed by atoms with Gasteiger partial charge in [0.05, 0.1) is 0 Å². The molecule has 1 saturated heterocycles. The zero-order valence-electron chi connectivity index (χ0n) is 12.4. The molecule has 0 saturated carbocycles. The third-order valence-electron chi connectivity index (χ3n) is 4.16. The van der Waals surface area contributed by atoms with Crippen LogP contribution < -0.4 is 10.6 Å². The second-order valence-corrected chi connectivity index (χ2v) is 5.78. The van der Waals surface area contributed by atoms with Gasteiger partial charge in [-0.25, -0.2) is 0 Å². The van der Waals surface area contributed by atoms with Gasteiger partial charge >= 0.3 is 0 Å². The maximum Gasteiger partial charge on any atom is 0.244 e. The van der Waals surface area contributed by atoms with Gasteiger partial charge in [-0.05, 0) is 30.9 Å². The van der Waals surface area contributed by atoms with Gasteiger partial charge < -0.3 is 10.6 Å². The normalized spacial score (nSPS) is 22.5. The maximum atomic E-state index is 6.13. The lowest BCUT2D eigenvalue weighted by atomic mass is 9.95. The summed E-state index contributed by atoms with van der Waals surface area (Å²) in [5, 5.41) is 7.35. The lowest BCUT2D eigenvalue weighted by Gasteiger charge is -2.34. The van der Waals surface area contributed by atoms with Crippen LogP contribution in [0.3, 0.4) is 0 Å². The monoisotopic (exact) mass is 286 g/mol. The minimum absolute atomic E-state index is 0.203. The van der Waals surface area contributed by atoms with Crippen LogP contribution in [0.15, 0.2) is 24.4 Å². The van der Waals surface area contributed by atoms with Crippen molar-refractivity contribution in [1.82, 2.24) is 20.2 Å². The van der Waals surface area contributed by atoms with Crippen LogP contribution in [-0.4, -0.2) is 39.3 Å². The molecule has 2 aromatic heterocycles. The fourth-order valence-electron chi connectivity index (χ4n) is 2.61. The van der Waals surface area contributed by atoms with E-state index >= 15 is 0 Å². The highest BCUT2D eigenvalue weighted by molar-refractivity contribution is 5.30. The number of rotatable bonds is 4. The molecule has 0 radical (unpaired) electrons. The number of pyridine rings is 1. The van der Waals surface area contributed by atoms with Gasteiger partial charge in [-0.1, -0.05) is 13.0 Å². The highest BCUT2D eigenvalue weighted by atomic mass is 15.4. The molecule has 1 aliphatic heterocycles. The first-order valence-corrected chi connectivity index (χ1v) is 7.54. The number of nitrogens with one attached hydrogen (secondary N) is 1. The zero-order chi connectivity index (χ0) is 14.7. The molecule has 6 nitrogen and oxygen atoms in total. The Hall–Kier alpha value is -1.95. The molecule has 0 bridgehead atoms. The van der Waals surface area contributed by atoms with E-state index in [-0.39, 0.29) is 6.04 Å². The first kappa shape index (κ1) is 14.0. The Morgan fingerprint density at radius 1 is 1.38 bits per heavy atom. The summed E-state index contributed by atoms with van der Waals surface area (Å²) in [6, 6.07) is 6.16. The second kappa shape index (κ2) is 6.22. The van der Waals surface area contributed by atoms with E-state index in [0.29, 0.717) is 5.92 Å². The van der Waals surface area contributed by atoms with Crippen LogP contribution in [0.2, 0.25) is 0 Å². The van der Waals surface area contributed by atoms with Gasteiger partial charge in [-0.2, -0.15) is 4.98 Å². The Bertz CT molecular complexity index is 567. The third-order valence-corrected chi connectivity index (χ3v) is 4.16. The number of hydrogen-bond acceptors (Lipinski definition) is 5. The van der Waals surface area contributed by atoms with Gasteiger partial charge in [-0.3, -0.25) is 10.1 Å². The number of piperidine rings is 1. The lowest BCUT2D eigenvalue weighted by molar-refractivity contribution is 0.376. The number of aryl methyl sites for hydroxylation is 2. The molecular formula is C15H22N6. The Morgan fingerprint density at radius 3 is 3.05 bits per heavy atom. The summed E-state index contributed by atoms with van der Waals surface area (Å²) in [7, 11) is 0. The lowest BCUT2D eigenvalue weighted by Crippen LogP contribution is -2.48. The Morgan fingerprint density at radius 2 is 2.29 bits per heavy atom. The van der Waals surface area contributed by atoms with E-state index in [4.69, 9.17) is 5.73 Å². The van der Waals surface area contributed by atoms with E-state index in [1.54, 1.807) is 0 Å². The van der Waals surface area contributed by atoms with E-state index in [1.165, 1.54) is 0 Å². The molecule has 0 aliphatic carbocycles. The Labute approximate surface area is 124 Å². The molecule has 112 valence electrons. The fourth-order valence-corrected chi connectivity index (χ4v) is 2.61. The van der Waals surface area contributed by atoms with Crippen molar-refractivity contribution < 1.29 is 0 Å². The standard InChI is InChI=1S/C15H22N6/c1-11-7-9-21(10-13(11)16)15-18-14(19-20-15)6-5-12-4-2-3-8-17-12/h2-4,8,11,13H,5-7,9-10,16H2,1H3,(H,18,19,20). The van der Waals surface area contributed by atoms with Crippen LogP contribution in [0.5, 0.6) is 0 Å². The van der Waals surface area contributed by atoms with Crippen molar-refractivity contribution in [3.8, 4) is 0 Å². The zero-order valence-corrected chi connectivity index (χ0v) is 12.4. The molecule has 0 amide bonds. The number of hydrogen-bond donors (Lipinski definition) is 2. The van der Waals surface area contributed by atoms with Crippen molar-refractivity contribution in [2.24, 2.45) is 11.7 Å². The van der Waals surface area contributed by atoms with Gasteiger partial charge in [0.1, 0.15) is 5.82 Å². The molecule has 1 fully saturated rings. The molecular weight excluding hydrogens is 264 g/mol. The molecule has 0 aromatic carbocycles. The van der Waals surface area contributed by atoms with Crippen molar-refractivity contribution in [2.45, 2.75) is 32.2 Å². The van der Waals surface area contributed by atoms with Crippen molar-refractivity contribution in [2.75, 3.05) is 18.0 Å². The van der Waals surface area contributed by atoms with Crippen LogP contribution in [-0.2, 0) is 12.8 Å². The second-order valence-electron chi connectivity index (χ2n) is 5.78. The molecule has 2 atom stereocenters. The SMILES string of the molecule is CC1CCN(c2n[nH]c(CCc3ccccn3)n2)CC1N. The molecule has 3 rings (SSSR count). The number of aromatic amines is 1. The van der Waals surface area contributed by atoms with Crippen molar-refractivity contribution >= 4 is 5.95 Å². The summed E-state index contributed by atoms with van der Waals surface area (Å²) < 4.78 is 0. The maximum absolute atomic E-state index is 6.13. The Kier molecular flexibility index (Phi) is 4.15. The summed E-state index contributed by atoms with van der Waals surface area (Å²) in [5.41, 5.74) is 7.21. The van der Waals surface area contributed by atoms with Crippen LogP contribution >= 0.6 is 0 Å². The highest BCUT2D eigenvalue weighted by Gasteiger charge is 2.25. The quantitative estimate of drug-likeness (QED) is 0.881. The number of nitrogens with two attached hydrogens (primary N) is 1. The van der Waals surface area contributed by atoms with Crippen LogP contribution in [0.25, 0.3) is 0 Å². The summed E-state index contributed by atoms with van der Waals surface area (Å²) in [4.78, 5) is 11.1. The van der Waals surface area contributed by atoms with Crippen LogP contribution in [0, 0.1) is 5.92 Å². The fraction of sp³-hybridized carbons (Fsp3) is 0.533. The van der Waals surface area contributed by atoms with E-state index in [2.05, 4.69) is 32.0 Å². The van der Waals surface area contributed by atoms with Crippen molar-refractivity contribution in [1.29, 1.82) is 0 Å². The number of nitrogens with zero attached hydrogens (tertiary/aromatic N) is 4. The topological polar surface area (TPSA) is 83.7 Å². The predicted molar refractivity (Wildman–Crippen MR) is 82.0 cm³/mol. The van der Waals surface area contributed by atoms with Crippen LogP contribution in [0.4, 0.5) is 5.95 Å². The van der Waals surface area contributed by atoms with Gasteiger partial charge in [0.25, 0.3) is 0 Å². The first-order valence-electron chi connectivity index (χ1n) is 7.54. The summed E-state index contributed by atoms with van der Waals surface area (Å²) in [6.45, 7) is 4.02. The average Bonchev–Trinajstić information content (AvgIpc) is 2.98. The van der Waals surface area contributed by atoms with Gasteiger partial charge in [-0.15, -0.1) is 5.10 Å². The minimum atomic E-state index is 0.203. The number of H-pyrrole nitrogens is 1. The van der Waals surface area contributed by atoms with E-state index < -0.39 is 0 Å². The highest BCUT2D eigenvalue weighted by Crippen LogP contribution is 2.19. The summed E-state index contributed by atoms with van der Waals surface area (Å²) in [6.07, 6.45) is 4.60. The van der Waals surface area contributed by atoms with Crippen LogP contribution in [0.1, 0.15) is 24.9 Å². The molecule has 6 heteroatoms. The third kappa shape index (κ3) is 3.39.